The molecule has 1 heterocycles. The number of rotatable bonds is 0. The van der Waals surface area contributed by atoms with Crippen LogP contribution in [0, 0.1) is 0 Å². The van der Waals surface area contributed by atoms with Crippen molar-refractivity contribution in [2.75, 3.05) is 11.5 Å². The summed E-state index contributed by atoms with van der Waals surface area (Å²) in [6, 6.07) is 0. The molecule has 1 aliphatic rings. The van der Waals surface area contributed by atoms with E-state index in [1.165, 1.54) is 6.92 Å². The average Bonchev–Trinajstić information content (AvgIpc) is 1.73. The quantitative estimate of drug-likeness (QED) is 0.460. The molecule has 1 saturated heterocycles. The van der Waals surface area contributed by atoms with Crippen molar-refractivity contribution in [1.29, 1.82) is 0 Å². The maximum Gasteiger partial charge on any atom is 0.155 e. The van der Waals surface area contributed by atoms with Crippen molar-refractivity contribution < 1.29 is 18.6 Å². The van der Waals surface area contributed by atoms with E-state index in [1.807, 2.05) is 0 Å². The normalized spacial score (nSPS) is 45.7. The lowest BCUT2D eigenvalue weighted by Gasteiger charge is -2.17. The Morgan fingerprint density at radius 1 is 1.60 bits per heavy atom. The van der Waals surface area contributed by atoms with E-state index in [-0.39, 0.29) is 11.5 Å². The first-order valence-corrected chi connectivity index (χ1v) is 4.76. The van der Waals surface area contributed by atoms with Crippen LogP contribution in [-0.2, 0) is 9.84 Å². The summed E-state index contributed by atoms with van der Waals surface area (Å²) in [6.07, 6.45) is -1.13. The molecule has 0 unspecified atom stereocenters. The van der Waals surface area contributed by atoms with E-state index in [0.717, 1.165) is 0 Å². The van der Waals surface area contributed by atoms with Gasteiger partial charge in [-0.1, -0.05) is 0 Å². The molecule has 0 aromatic heterocycles. The molecular weight excluding hydrogens is 156 g/mol. The van der Waals surface area contributed by atoms with E-state index in [2.05, 4.69) is 0 Å². The molecule has 1 fully saturated rings. The van der Waals surface area contributed by atoms with Gasteiger partial charge in [0.05, 0.1) is 17.6 Å². The second-order valence-electron chi connectivity index (χ2n) is 2.93. The fourth-order valence-electron chi connectivity index (χ4n) is 1.02. The van der Waals surface area contributed by atoms with E-state index in [4.69, 9.17) is 10.2 Å². The average molecular weight is 166 g/mol. The number of hydrogen-bond acceptors (Lipinski definition) is 4. The highest BCUT2D eigenvalue weighted by atomic mass is 32.2. The van der Waals surface area contributed by atoms with Crippen molar-refractivity contribution in [3.63, 3.8) is 0 Å². The Bertz CT molecular complexity index is 228. The van der Waals surface area contributed by atoms with Gasteiger partial charge in [0.15, 0.2) is 9.84 Å². The van der Waals surface area contributed by atoms with Gasteiger partial charge in [-0.05, 0) is 6.92 Å². The summed E-state index contributed by atoms with van der Waals surface area (Å²) in [5, 5.41) is 18.1. The summed E-state index contributed by atoms with van der Waals surface area (Å²) >= 11 is 0. The van der Waals surface area contributed by atoms with Crippen LogP contribution in [0.4, 0.5) is 0 Å². The Kier molecular flexibility index (Phi) is 1.54. The van der Waals surface area contributed by atoms with Crippen LogP contribution in [0.1, 0.15) is 6.92 Å². The van der Waals surface area contributed by atoms with Gasteiger partial charge >= 0.3 is 0 Å². The number of sulfone groups is 1. The third-order valence-electron chi connectivity index (χ3n) is 1.64. The first-order valence-electron chi connectivity index (χ1n) is 2.94. The fourth-order valence-corrected chi connectivity index (χ4v) is 3.06. The summed E-state index contributed by atoms with van der Waals surface area (Å²) in [7, 11) is -3.20. The predicted octanol–water partition coefficient (Wildman–Crippen LogP) is -1.47. The van der Waals surface area contributed by atoms with Crippen molar-refractivity contribution in [1.82, 2.24) is 0 Å². The predicted molar refractivity (Wildman–Crippen MR) is 35.3 cm³/mol. The molecule has 5 heteroatoms. The summed E-state index contributed by atoms with van der Waals surface area (Å²) in [5.74, 6) is -0.652. The van der Waals surface area contributed by atoms with Crippen LogP contribution in [0.2, 0.25) is 0 Å². The SMILES string of the molecule is C[C@@]1(O)CS(=O)(=O)C[C@H]1O. The van der Waals surface area contributed by atoms with Crippen LogP contribution in [-0.4, -0.2) is 41.8 Å². The first-order chi connectivity index (χ1) is 4.33. The molecule has 0 amide bonds. The molecule has 4 nitrogen and oxygen atoms in total. The molecular formula is C5H10O4S. The Morgan fingerprint density at radius 2 is 2.10 bits per heavy atom. The Labute approximate surface area is 59.4 Å². The van der Waals surface area contributed by atoms with Crippen molar-refractivity contribution >= 4 is 9.84 Å². The highest BCUT2D eigenvalue weighted by Gasteiger charge is 2.44. The van der Waals surface area contributed by atoms with Crippen LogP contribution >= 0.6 is 0 Å². The van der Waals surface area contributed by atoms with Gasteiger partial charge in [0.1, 0.15) is 5.60 Å². The second kappa shape index (κ2) is 1.93. The third kappa shape index (κ3) is 1.31. The van der Waals surface area contributed by atoms with Gasteiger partial charge in [0.25, 0.3) is 0 Å². The summed E-state index contributed by atoms with van der Waals surface area (Å²) in [4.78, 5) is 0. The summed E-state index contributed by atoms with van der Waals surface area (Å²) in [6.45, 7) is 1.32. The first kappa shape index (κ1) is 7.97. The Morgan fingerprint density at radius 3 is 2.20 bits per heavy atom. The molecule has 0 aromatic carbocycles. The summed E-state index contributed by atoms with van der Waals surface area (Å²) < 4.78 is 21.5. The maximum atomic E-state index is 10.7. The van der Waals surface area contributed by atoms with Crippen LogP contribution in [0.3, 0.4) is 0 Å². The van der Waals surface area contributed by atoms with Crippen molar-refractivity contribution in [2.45, 2.75) is 18.6 Å². The minimum absolute atomic E-state index is 0.319. The van der Waals surface area contributed by atoms with Crippen LogP contribution in [0.25, 0.3) is 0 Å². The van der Waals surface area contributed by atoms with Crippen molar-refractivity contribution in [3.8, 4) is 0 Å². The van der Waals surface area contributed by atoms with E-state index >= 15 is 0 Å². The molecule has 2 atom stereocenters. The van der Waals surface area contributed by atoms with Gasteiger partial charge < -0.3 is 10.2 Å². The monoisotopic (exact) mass is 166 g/mol. The summed E-state index contributed by atoms with van der Waals surface area (Å²) in [5.41, 5.74) is -1.45. The molecule has 2 N–H and O–H groups in total. The van der Waals surface area contributed by atoms with Gasteiger partial charge in [-0.15, -0.1) is 0 Å². The molecule has 10 heavy (non-hydrogen) atoms. The number of aliphatic hydroxyl groups is 2. The van der Waals surface area contributed by atoms with Crippen LogP contribution in [0.5, 0.6) is 0 Å². The van der Waals surface area contributed by atoms with Gasteiger partial charge in [0.2, 0.25) is 0 Å². The van der Waals surface area contributed by atoms with Gasteiger partial charge in [-0.25, -0.2) is 8.42 Å². The van der Waals surface area contributed by atoms with Crippen LogP contribution in [0.15, 0.2) is 0 Å². The largest absolute Gasteiger partial charge is 0.389 e. The lowest BCUT2D eigenvalue weighted by atomic mass is 10.0. The Hall–Kier alpha value is -0.130. The van der Waals surface area contributed by atoms with Gasteiger partial charge in [0, 0.05) is 0 Å². The lowest BCUT2D eigenvalue weighted by Crippen LogP contribution is -2.37. The molecule has 0 aliphatic carbocycles. The van der Waals surface area contributed by atoms with E-state index in [0.29, 0.717) is 0 Å². The fraction of sp³-hybridized carbons (Fsp3) is 1.00. The lowest BCUT2D eigenvalue weighted by molar-refractivity contribution is -0.0241. The highest BCUT2D eigenvalue weighted by Crippen LogP contribution is 2.22. The molecule has 0 radical (unpaired) electrons. The number of aliphatic hydroxyl groups excluding tert-OH is 1. The molecule has 60 valence electrons. The van der Waals surface area contributed by atoms with Crippen molar-refractivity contribution in [3.05, 3.63) is 0 Å². The van der Waals surface area contributed by atoms with E-state index in [9.17, 15) is 8.42 Å². The zero-order chi connectivity index (χ0) is 7.99. The third-order valence-corrected chi connectivity index (χ3v) is 3.49. The van der Waals surface area contributed by atoms with Gasteiger partial charge in [-0.3, -0.25) is 0 Å². The van der Waals surface area contributed by atoms with E-state index < -0.39 is 21.5 Å². The molecule has 0 spiro atoms. The molecule has 0 bridgehead atoms. The molecule has 1 rings (SSSR count). The molecule has 0 saturated carbocycles. The Balaban J connectivity index is 2.92. The highest BCUT2D eigenvalue weighted by molar-refractivity contribution is 7.91. The minimum Gasteiger partial charge on any atom is -0.389 e. The minimum atomic E-state index is -3.20. The molecule has 0 aromatic rings. The zero-order valence-electron chi connectivity index (χ0n) is 5.61. The van der Waals surface area contributed by atoms with E-state index in [1.54, 1.807) is 0 Å². The zero-order valence-corrected chi connectivity index (χ0v) is 6.43. The standard InChI is InChI=1S/C5H10O4S/c1-5(7)3-10(8,9)2-4(5)6/h4,6-7H,2-3H2,1H3/t4-,5-/m1/s1. The second-order valence-corrected chi connectivity index (χ2v) is 5.04. The smallest absolute Gasteiger partial charge is 0.155 e. The topological polar surface area (TPSA) is 74.6 Å². The maximum absolute atomic E-state index is 10.7. The van der Waals surface area contributed by atoms with Gasteiger partial charge in [-0.2, -0.15) is 0 Å². The number of hydrogen-bond donors (Lipinski definition) is 2. The van der Waals surface area contributed by atoms with Crippen molar-refractivity contribution in [2.24, 2.45) is 0 Å². The van der Waals surface area contributed by atoms with Crippen LogP contribution < -0.4 is 0 Å². The molecule has 1 aliphatic heterocycles.